The number of nitrogens with zero attached hydrogens (tertiary/aromatic N) is 1. The number of hydrogen-bond acceptors (Lipinski definition) is 2. The van der Waals surface area contributed by atoms with Crippen LogP contribution in [0.25, 0.3) is 0 Å². The molecule has 1 heterocycles. The smallest absolute Gasteiger partial charge is 0.298 e. The summed E-state index contributed by atoms with van der Waals surface area (Å²) in [4.78, 5) is 25.2. The number of hydrogen-bond donors (Lipinski definition) is 0. The van der Waals surface area contributed by atoms with Gasteiger partial charge in [-0.1, -0.05) is 30.3 Å². The van der Waals surface area contributed by atoms with Crippen molar-refractivity contribution in [1.82, 2.24) is 0 Å². The fraction of sp³-hybridized carbons (Fsp3) is 0.125. The van der Waals surface area contributed by atoms with E-state index in [0.717, 1.165) is 5.56 Å². The Hall–Kier alpha value is -2.49. The van der Waals surface area contributed by atoms with Crippen LogP contribution in [0.3, 0.4) is 0 Å². The minimum atomic E-state index is -0.673. The Bertz CT molecular complexity index is 710. The van der Waals surface area contributed by atoms with Gasteiger partial charge in [0.2, 0.25) is 0 Å². The number of anilines is 1. The summed E-state index contributed by atoms with van der Waals surface area (Å²) in [5.41, 5.74) is 1.73. The average molecular weight is 269 g/mol. The van der Waals surface area contributed by atoms with Crippen LogP contribution in [0.5, 0.6) is 0 Å². The Labute approximate surface area is 115 Å². The summed E-state index contributed by atoms with van der Waals surface area (Å²) >= 11 is 0. The number of ketones is 1. The molecule has 0 atom stereocenters. The monoisotopic (exact) mass is 269 g/mol. The van der Waals surface area contributed by atoms with Gasteiger partial charge in [-0.25, -0.2) is 4.39 Å². The van der Waals surface area contributed by atoms with Crippen molar-refractivity contribution in [2.45, 2.75) is 13.5 Å². The van der Waals surface area contributed by atoms with Crippen molar-refractivity contribution >= 4 is 17.4 Å². The second kappa shape index (κ2) is 4.56. The van der Waals surface area contributed by atoms with Crippen LogP contribution < -0.4 is 4.90 Å². The summed E-state index contributed by atoms with van der Waals surface area (Å²) in [6.07, 6.45) is 0. The third-order valence-electron chi connectivity index (χ3n) is 3.35. The van der Waals surface area contributed by atoms with Gasteiger partial charge >= 0.3 is 0 Å². The Balaban J connectivity index is 2.07. The minimum absolute atomic E-state index is 0.0921. The first-order valence-electron chi connectivity index (χ1n) is 6.28. The number of halogens is 1. The van der Waals surface area contributed by atoms with E-state index in [9.17, 15) is 14.0 Å². The van der Waals surface area contributed by atoms with Gasteiger partial charge in [0, 0.05) is 0 Å². The third kappa shape index (κ3) is 1.90. The van der Waals surface area contributed by atoms with E-state index in [1.165, 1.54) is 11.0 Å². The molecule has 1 aliphatic heterocycles. The average Bonchev–Trinajstić information content (AvgIpc) is 2.65. The quantitative estimate of drug-likeness (QED) is 0.786. The van der Waals surface area contributed by atoms with E-state index in [4.69, 9.17) is 0 Å². The highest BCUT2D eigenvalue weighted by Crippen LogP contribution is 2.33. The summed E-state index contributed by atoms with van der Waals surface area (Å²) in [5, 5.41) is 0. The van der Waals surface area contributed by atoms with Gasteiger partial charge < -0.3 is 0 Å². The minimum Gasteiger partial charge on any atom is -0.298 e. The SMILES string of the molecule is Cc1cc(F)c2c(c1)C(=O)C(=O)N2Cc1ccccc1. The lowest BCUT2D eigenvalue weighted by atomic mass is 10.1. The highest BCUT2D eigenvalue weighted by Gasteiger charge is 2.38. The maximum absolute atomic E-state index is 14.1. The Morgan fingerprint density at radius 3 is 2.50 bits per heavy atom. The second-order valence-electron chi connectivity index (χ2n) is 4.85. The lowest BCUT2D eigenvalue weighted by Gasteiger charge is -2.17. The summed E-state index contributed by atoms with van der Waals surface area (Å²) in [6, 6.07) is 12.1. The molecule has 0 bridgehead atoms. The summed E-state index contributed by atoms with van der Waals surface area (Å²) in [7, 11) is 0. The number of Topliss-reactive ketones (excluding diaryl/α,β-unsaturated/α-hetero) is 1. The van der Waals surface area contributed by atoms with Crippen LogP contribution in [0.4, 0.5) is 10.1 Å². The number of aryl methyl sites for hydroxylation is 1. The van der Waals surface area contributed by atoms with Crippen LogP contribution in [-0.2, 0) is 11.3 Å². The first-order valence-corrected chi connectivity index (χ1v) is 6.28. The molecule has 0 radical (unpaired) electrons. The molecule has 100 valence electrons. The van der Waals surface area contributed by atoms with Gasteiger partial charge in [0.05, 0.1) is 17.8 Å². The zero-order valence-corrected chi connectivity index (χ0v) is 10.9. The van der Waals surface area contributed by atoms with E-state index in [2.05, 4.69) is 0 Å². The molecular weight excluding hydrogens is 257 g/mol. The molecule has 0 saturated heterocycles. The molecule has 2 aromatic carbocycles. The number of rotatable bonds is 2. The van der Waals surface area contributed by atoms with Crippen molar-refractivity contribution in [3.63, 3.8) is 0 Å². The normalized spacial score (nSPS) is 13.8. The molecule has 20 heavy (non-hydrogen) atoms. The summed E-state index contributed by atoms with van der Waals surface area (Å²) in [5.74, 6) is -1.85. The lowest BCUT2D eigenvalue weighted by Crippen LogP contribution is -2.29. The van der Waals surface area contributed by atoms with Crippen molar-refractivity contribution in [3.8, 4) is 0 Å². The first-order chi connectivity index (χ1) is 9.58. The van der Waals surface area contributed by atoms with Crippen LogP contribution in [-0.4, -0.2) is 11.7 Å². The molecule has 0 aliphatic carbocycles. The van der Waals surface area contributed by atoms with Crippen molar-refractivity contribution < 1.29 is 14.0 Å². The number of carbonyl (C=O) groups is 2. The maximum Gasteiger partial charge on any atom is 0.299 e. The third-order valence-corrected chi connectivity index (χ3v) is 3.35. The van der Waals surface area contributed by atoms with Gasteiger partial charge in [0.25, 0.3) is 11.7 Å². The van der Waals surface area contributed by atoms with Gasteiger partial charge in [-0.3, -0.25) is 14.5 Å². The molecule has 0 aromatic heterocycles. The van der Waals surface area contributed by atoms with E-state index in [0.29, 0.717) is 5.56 Å². The van der Waals surface area contributed by atoms with Gasteiger partial charge in [-0.15, -0.1) is 0 Å². The standard InChI is InChI=1S/C16H12FNO2/c1-10-7-12-14(13(17)8-10)18(16(20)15(12)19)9-11-5-3-2-4-6-11/h2-8H,9H2,1H3. The molecule has 0 N–H and O–H groups in total. The molecule has 4 heteroatoms. The number of carbonyl (C=O) groups excluding carboxylic acids is 2. The molecule has 1 aliphatic rings. The van der Waals surface area contributed by atoms with E-state index >= 15 is 0 Å². The highest BCUT2D eigenvalue weighted by atomic mass is 19.1. The fourth-order valence-electron chi connectivity index (χ4n) is 2.44. The predicted octanol–water partition coefficient (Wildman–Crippen LogP) is 2.86. The fourth-order valence-corrected chi connectivity index (χ4v) is 2.44. The van der Waals surface area contributed by atoms with E-state index in [-0.39, 0.29) is 17.8 Å². The number of fused-ring (bicyclic) bond motifs is 1. The molecule has 1 amide bonds. The van der Waals surface area contributed by atoms with Crippen molar-refractivity contribution in [1.29, 1.82) is 0 Å². The second-order valence-corrected chi connectivity index (χ2v) is 4.85. The predicted molar refractivity (Wildman–Crippen MR) is 73.1 cm³/mol. The van der Waals surface area contributed by atoms with Crippen LogP contribution in [0.2, 0.25) is 0 Å². The Kier molecular flexibility index (Phi) is 2.86. The maximum atomic E-state index is 14.1. The first kappa shape index (κ1) is 12.5. The lowest BCUT2D eigenvalue weighted by molar-refractivity contribution is -0.114. The zero-order valence-electron chi connectivity index (χ0n) is 10.9. The van der Waals surface area contributed by atoms with E-state index in [1.807, 2.05) is 30.3 Å². The van der Waals surface area contributed by atoms with Crippen LogP contribution in [0, 0.1) is 12.7 Å². The topological polar surface area (TPSA) is 37.4 Å². The molecule has 0 saturated carbocycles. The Morgan fingerprint density at radius 1 is 1.10 bits per heavy atom. The summed E-state index contributed by atoms with van der Waals surface area (Å²) in [6.45, 7) is 1.89. The van der Waals surface area contributed by atoms with Crippen molar-refractivity contribution in [2.24, 2.45) is 0 Å². The van der Waals surface area contributed by atoms with E-state index < -0.39 is 17.5 Å². The van der Waals surface area contributed by atoms with Crippen LogP contribution in [0.15, 0.2) is 42.5 Å². The van der Waals surface area contributed by atoms with Crippen molar-refractivity contribution in [2.75, 3.05) is 4.90 Å². The molecule has 3 rings (SSSR count). The van der Waals surface area contributed by atoms with Crippen LogP contribution in [0.1, 0.15) is 21.5 Å². The summed E-state index contributed by atoms with van der Waals surface area (Å²) < 4.78 is 14.1. The largest absolute Gasteiger partial charge is 0.299 e. The molecule has 0 spiro atoms. The molecular formula is C16H12FNO2. The van der Waals surface area contributed by atoms with Gasteiger partial charge in [0.1, 0.15) is 5.82 Å². The molecule has 0 unspecified atom stereocenters. The Morgan fingerprint density at radius 2 is 1.80 bits per heavy atom. The molecule has 3 nitrogen and oxygen atoms in total. The highest BCUT2D eigenvalue weighted by molar-refractivity contribution is 6.52. The van der Waals surface area contributed by atoms with Gasteiger partial charge in [-0.2, -0.15) is 0 Å². The van der Waals surface area contributed by atoms with E-state index in [1.54, 1.807) is 13.0 Å². The van der Waals surface area contributed by atoms with Gasteiger partial charge in [-0.05, 0) is 30.2 Å². The van der Waals surface area contributed by atoms with Crippen LogP contribution >= 0.6 is 0 Å². The van der Waals surface area contributed by atoms with Crippen molar-refractivity contribution in [3.05, 3.63) is 65.0 Å². The number of amides is 1. The molecule has 2 aromatic rings. The number of benzene rings is 2. The zero-order chi connectivity index (χ0) is 14.3. The van der Waals surface area contributed by atoms with Gasteiger partial charge in [0.15, 0.2) is 0 Å². The molecule has 0 fully saturated rings.